The number of amides is 1. The minimum atomic E-state index is -1.36. The molecule has 1 aliphatic rings. The zero-order valence-electron chi connectivity index (χ0n) is 21.0. The number of aliphatic hydroxyl groups excluding tert-OH is 1. The zero-order valence-corrected chi connectivity index (χ0v) is 21.0. The Morgan fingerprint density at radius 3 is 2.62 bits per heavy atom. The first-order valence-electron chi connectivity index (χ1n) is 12.3. The fourth-order valence-electron chi connectivity index (χ4n) is 4.13. The molecule has 0 aliphatic carbocycles. The number of benzene rings is 3. The first-order valence-corrected chi connectivity index (χ1v) is 12.3. The largest absolute Gasteiger partial charge is 0.494 e. The van der Waals surface area contributed by atoms with Gasteiger partial charge in [-0.25, -0.2) is 13.8 Å². The van der Waals surface area contributed by atoms with E-state index in [4.69, 9.17) is 25.1 Å². The Kier molecular flexibility index (Phi) is 9.09. The number of ether oxygens (including phenoxy) is 2. The van der Waals surface area contributed by atoms with E-state index in [-0.39, 0.29) is 38.6 Å². The van der Waals surface area contributed by atoms with Gasteiger partial charge in [-0.2, -0.15) is 0 Å². The average Bonchev–Trinajstić information content (AvgIpc) is 3.39. The van der Waals surface area contributed by atoms with Crippen LogP contribution in [0.15, 0.2) is 76.8 Å². The fraction of sp³-hybridized carbons (Fsp3) is 0.286. The molecule has 0 bridgehead atoms. The maximum Gasteiger partial charge on any atom is 0.252 e. The van der Waals surface area contributed by atoms with Crippen molar-refractivity contribution >= 4 is 11.8 Å². The van der Waals surface area contributed by atoms with Gasteiger partial charge >= 0.3 is 0 Å². The summed E-state index contributed by atoms with van der Waals surface area (Å²) in [5, 5.41) is 15.4. The van der Waals surface area contributed by atoms with Gasteiger partial charge in [0.1, 0.15) is 12.4 Å². The van der Waals surface area contributed by atoms with Crippen LogP contribution in [0.1, 0.15) is 28.7 Å². The number of carbonyl (C=O) groups excluding carboxylic acids is 1. The number of hydrogen-bond donors (Lipinski definition) is 2. The van der Waals surface area contributed by atoms with E-state index in [2.05, 4.69) is 15.3 Å². The molecular formula is C28H27F2N5O4. The minimum Gasteiger partial charge on any atom is -0.494 e. The number of nitrogens with one attached hydrogen (secondary N) is 1. The number of carbonyl (C=O) groups is 1. The quantitative estimate of drug-likeness (QED) is 0.152. The van der Waals surface area contributed by atoms with E-state index >= 15 is 0 Å². The van der Waals surface area contributed by atoms with Gasteiger partial charge in [0.15, 0.2) is 17.2 Å². The number of nitrogens with zero attached hydrogens (tertiary/aromatic N) is 4. The van der Waals surface area contributed by atoms with Crippen molar-refractivity contribution in [2.75, 3.05) is 19.8 Å². The van der Waals surface area contributed by atoms with E-state index in [0.717, 1.165) is 23.3 Å². The molecule has 0 radical (unpaired) electrons. The highest BCUT2D eigenvalue weighted by Gasteiger charge is 2.44. The zero-order chi connectivity index (χ0) is 27.7. The van der Waals surface area contributed by atoms with Crippen LogP contribution in [0, 0.1) is 11.6 Å². The van der Waals surface area contributed by atoms with E-state index in [0.29, 0.717) is 29.9 Å². The van der Waals surface area contributed by atoms with Gasteiger partial charge in [0.05, 0.1) is 13.2 Å². The van der Waals surface area contributed by atoms with Crippen LogP contribution in [-0.2, 0) is 29.0 Å². The number of azide groups is 1. The van der Waals surface area contributed by atoms with Crippen LogP contribution in [0.3, 0.4) is 0 Å². The molecule has 3 aromatic rings. The molecule has 11 heteroatoms. The highest BCUT2D eigenvalue weighted by molar-refractivity contribution is 6.00. The van der Waals surface area contributed by atoms with Crippen molar-refractivity contribution in [2.45, 2.75) is 31.5 Å². The van der Waals surface area contributed by atoms with Gasteiger partial charge < -0.3 is 19.9 Å². The molecular weight excluding hydrogens is 508 g/mol. The molecule has 3 aromatic carbocycles. The maximum absolute atomic E-state index is 13.7. The molecule has 0 spiro atoms. The Morgan fingerprint density at radius 1 is 1.13 bits per heavy atom. The summed E-state index contributed by atoms with van der Waals surface area (Å²) < 4.78 is 38.5. The number of halogens is 2. The van der Waals surface area contributed by atoms with Crippen molar-refractivity contribution in [3.8, 4) is 5.75 Å². The van der Waals surface area contributed by atoms with Crippen LogP contribution in [-0.4, -0.2) is 42.3 Å². The standard InChI is InChI=1S/C28H27F2N5O4/c29-24-11-6-19(14-25(24)30)16-32-27(37)28(15-21-4-1-2-5-22(21)17-33-35-31)18-39-26(34-28)20-7-9-23(10-8-20)38-13-3-12-36/h1-2,4-11,14,36H,3,12-13,15-18H2,(H,32,37)/t28-/m1/s1. The molecule has 39 heavy (non-hydrogen) atoms. The normalized spacial score (nSPS) is 16.1. The summed E-state index contributed by atoms with van der Waals surface area (Å²) in [6.07, 6.45) is 0.667. The molecule has 1 amide bonds. The van der Waals surface area contributed by atoms with Crippen molar-refractivity contribution in [1.29, 1.82) is 0 Å². The third kappa shape index (κ3) is 6.90. The average molecular weight is 536 g/mol. The van der Waals surface area contributed by atoms with Gasteiger partial charge in [0.2, 0.25) is 5.90 Å². The third-order valence-corrected chi connectivity index (χ3v) is 6.20. The molecule has 2 N–H and O–H groups in total. The molecule has 9 nitrogen and oxygen atoms in total. The predicted molar refractivity (Wildman–Crippen MR) is 140 cm³/mol. The van der Waals surface area contributed by atoms with E-state index in [1.165, 1.54) is 6.07 Å². The summed E-state index contributed by atoms with van der Waals surface area (Å²) >= 11 is 0. The highest BCUT2D eigenvalue weighted by Crippen LogP contribution is 2.29. The van der Waals surface area contributed by atoms with E-state index in [1.54, 1.807) is 24.3 Å². The van der Waals surface area contributed by atoms with Gasteiger partial charge in [0.25, 0.3) is 5.91 Å². The smallest absolute Gasteiger partial charge is 0.252 e. The Hall–Kier alpha value is -4.47. The lowest BCUT2D eigenvalue weighted by Gasteiger charge is -2.24. The summed E-state index contributed by atoms with van der Waals surface area (Å²) in [6, 6.07) is 17.7. The molecule has 0 saturated heterocycles. The molecule has 0 aromatic heterocycles. The second-order valence-electron chi connectivity index (χ2n) is 8.95. The molecule has 0 fully saturated rings. The predicted octanol–water partition coefficient (Wildman–Crippen LogP) is 4.61. The molecule has 0 saturated carbocycles. The molecule has 1 aliphatic heterocycles. The molecule has 1 atom stereocenters. The third-order valence-electron chi connectivity index (χ3n) is 6.20. The summed E-state index contributed by atoms with van der Waals surface area (Å²) in [4.78, 5) is 21.2. The van der Waals surface area contributed by atoms with Crippen LogP contribution in [0.5, 0.6) is 5.75 Å². The topological polar surface area (TPSA) is 129 Å². The van der Waals surface area contributed by atoms with Gasteiger partial charge in [-0.1, -0.05) is 35.4 Å². The fourth-order valence-corrected chi connectivity index (χ4v) is 4.13. The lowest BCUT2D eigenvalue weighted by Crippen LogP contribution is -2.48. The first kappa shape index (κ1) is 27.6. The first-order chi connectivity index (χ1) is 18.9. The van der Waals surface area contributed by atoms with E-state index < -0.39 is 23.1 Å². The van der Waals surface area contributed by atoms with Gasteiger partial charge in [-0.3, -0.25) is 4.79 Å². The Morgan fingerprint density at radius 2 is 1.90 bits per heavy atom. The monoisotopic (exact) mass is 535 g/mol. The number of rotatable bonds is 12. The minimum absolute atomic E-state index is 0.0367. The number of aliphatic imine (C=N–C) groups is 1. The van der Waals surface area contributed by atoms with Crippen LogP contribution < -0.4 is 10.1 Å². The van der Waals surface area contributed by atoms with Crippen molar-refractivity contribution < 1.29 is 28.2 Å². The van der Waals surface area contributed by atoms with Crippen LogP contribution in [0.4, 0.5) is 8.78 Å². The summed E-state index contributed by atoms with van der Waals surface area (Å²) in [5.41, 5.74) is 9.95. The van der Waals surface area contributed by atoms with Crippen LogP contribution in [0.25, 0.3) is 10.4 Å². The van der Waals surface area contributed by atoms with Gasteiger partial charge in [-0.15, -0.1) is 0 Å². The molecule has 202 valence electrons. The van der Waals surface area contributed by atoms with Crippen molar-refractivity contribution in [1.82, 2.24) is 5.32 Å². The van der Waals surface area contributed by atoms with Crippen molar-refractivity contribution in [2.24, 2.45) is 10.1 Å². The highest BCUT2D eigenvalue weighted by atomic mass is 19.2. The Labute approximate surface area is 223 Å². The van der Waals surface area contributed by atoms with Crippen molar-refractivity contribution in [3.05, 3.63) is 111 Å². The second-order valence-corrected chi connectivity index (χ2v) is 8.95. The molecule has 0 unspecified atom stereocenters. The Bertz CT molecular complexity index is 1390. The summed E-state index contributed by atoms with van der Waals surface area (Å²) in [7, 11) is 0. The van der Waals surface area contributed by atoms with Crippen molar-refractivity contribution in [3.63, 3.8) is 0 Å². The second kappa shape index (κ2) is 12.9. The SMILES string of the molecule is [N-]=[N+]=NCc1ccccc1C[C@]1(C(=O)NCc2ccc(F)c(F)c2)COC(c2ccc(OCCCO)cc2)=N1. The lowest BCUT2D eigenvalue weighted by molar-refractivity contribution is -0.126. The van der Waals surface area contributed by atoms with Crippen LogP contribution >= 0.6 is 0 Å². The summed E-state index contributed by atoms with van der Waals surface area (Å²) in [6.45, 7) is 0.423. The lowest BCUT2D eigenvalue weighted by atomic mass is 9.89. The molecule has 1 heterocycles. The Balaban J connectivity index is 1.61. The van der Waals surface area contributed by atoms with E-state index in [1.807, 2.05) is 24.3 Å². The van der Waals surface area contributed by atoms with Crippen LogP contribution in [0.2, 0.25) is 0 Å². The number of aliphatic hydroxyl groups is 1. The van der Waals surface area contributed by atoms with Gasteiger partial charge in [0, 0.05) is 36.5 Å². The molecule has 4 rings (SSSR count). The maximum atomic E-state index is 13.7. The number of hydrogen-bond acceptors (Lipinski definition) is 6. The van der Waals surface area contributed by atoms with Gasteiger partial charge in [-0.05, 0) is 58.6 Å². The van der Waals surface area contributed by atoms with E-state index in [9.17, 15) is 13.6 Å². The summed E-state index contributed by atoms with van der Waals surface area (Å²) in [5.74, 6) is -1.54.